The van der Waals surface area contributed by atoms with E-state index in [2.05, 4.69) is 49.7 Å². The predicted octanol–water partition coefficient (Wildman–Crippen LogP) is 3.29. The van der Waals surface area contributed by atoms with Crippen LogP contribution in [0.4, 0.5) is 0 Å². The van der Waals surface area contributed by atoms with Crippen molar-refractivity contribution in [3.8, 4) is 5.75 Å². The topological polar surface area (TPSA) is 39.1 Å². The van der Waals surface area contributed by atoms with Gasteiger partial charge in [-0.1, -0.05) is 34.6 Å². The SMILES string of the molecule is CCCn1ncc(OC)c1C(C)C(C)CNCC(C)C. The summed E-state index contributed by atoms with van der Waals surface area (Å²) in [6, 6.07) is 0. The van der Waals surface area contributed by atoms with Crippen LogP contribution in [0.5, 0.6) is 5.75 Å². The van der Waals surface area contributed by atoms with Crippen LogP contribution in [0.15, 0.2) is 6.20 Å². The first-order valence-corrected chi connectivity index (χ1v) is 7.81. The molecule has 0 spiro atoms. The molecule has 116 valence electrons. The van der Waals surface area contributed by atoms with Crippen molar-refractivity contribution in [2.24, 2.45) is 11.8 Å². The summed E-state index contributed by atoms with van der Waals surface area (Å²) in [6.07, 6.45) is 2.93. The van der Waals surface area contributed by atoms with Gasteiger partial charge in [0.05, 0.1) is 19.0 Å². The monoisotopic (exact) mass is 281 g/mol. The quantitative estimate of drug-likeness (QED) is 0.755. The van der Waals surface area contributed by atoms with E-state index in [0.717, 1.165) is 31.8 Å². The standard InChI is InChI=1S/C16H31N3O/c1-7-8-19-16(15(20-6)11-18-19)14(5)13(4)10-17-9-12(2)3/h11-14,17H,7-10H2,1-6H3. The van der Waals surface area contributed by atoms with E-state index in [9.17, 15) is 0 Å². The molecule has 4 heteroatoms. The summed E-state index contributed by atoms with van der Waals surface area (Å²) in [6.45, 7) is 14.3. The highest BCUT2D eigenvalue weighted by Gasteiger charge is 2.22. The zero-order valence-electron chi connectivity index (χ0n) is 13.9. The van der Waals surface area contributed by atoms with Crippen molar-refractivity contribution in [2.75, 3.05) is 20.2 Å². The number of hydrogen-bond donors (Lipinski definition) is 1. The number of nitrogens with zero attached hydrogens (tertiary/aromatic N) is 2. The van der Waals surface area contributed by atoms with E-state index in [1.165, 1.54) is 5.69 Å². The zero-order chi connectivity index (χ0) is 15.1. The molecule has 1 heterocycles. The molecule has 20 heavy (non-hydrogen) atoms. The number of ether oxygens (including phenoxy) is 1. The first-order valence-electron chi connectivity index (χ1n) is 7.81. The van der Waals surface area contributed by atoms with Crippen LogP contribution in [0.25, 0.3) is 0 Å². The van der Waals surface area contributed by atoms with E-state index < -0.39 is 0 Å². The van der Waals surface area contributed by atoms with E-state index in [1.54, 1.807) is 7.11 Å². The largest absolute Gasteiger partial charge is 0.493 e. The highest BCUT2D eigenvalue weighted by atomic mass is 16.5. The van der Waals surface area contributed by atoms with Crippen LogP contribution in [-0.4, -0.2) is 30.0 Å². The summed E-state index contributed by atoms with van der Waals surface area (Å²) >= 11 is 0. The van der Waals surface area contributed by atoms with Gasteiger partial charge in [-0.15, -0.1) is 0 Å². The molecule has 1 aromatic rings. The minimum absolute atomic E-state index is 0.429. The maximum Gasteiger partial charge on any atom is 0.160 e. The van der Waals surface area contributed by atoms with Crippen LogP contribution < -0.4 is 10.1 Å². The van der Waals surface area contributed by atoms with Gasteiger partial charge >= 0.3 is 0 Å². The Kier molecular flexibility index (Phi) is 7.06. The van der Waals surface area contributed by atoms with Crippen molar-refractivity contribution in [3.05, 3.63) is 11.9 Å². The number of aryl methyl sites for hydroxylation is 1. The summed E-state index contributed by atoms with van der Waals surface area (Å²) < 4.78 is 7.58. The van der Waals surface area contributed by atoms with Gasteiger partial charge < -0.3 is 10.1 Å². The van der Waals surface area contributed by atoms with E-state index in [1.807, 2.05) is 6.20 Å². The third kappa shape index (κ3) is 4.51. The van der Waals surface area contributed by atoms with Gasteiger partial charge in [-0.3, -0.25) is 4.68 Å². The van der Waals surface area contributed by atoms with Crippen LogP contribution in [-0.2, 0) is 6.54 Å². The molecule has 1 aromatic heterocycles. The van der Waals surface area contributed by atoms with Crippen molar-refractivity contribution in [1.29, 1.82) is 0 Å². The Hall–Kier alpha value is -1.03. The molecule has 1 N–H and O–H groups in total. The molecule has 0 fully saturated rings. The molecule has 0 amide bonds. The van der Waals surface area contributed by atoms with E-state index in [0.29, 0.717) is 17.8 Å². The Morgan fingerprint density at radius 1 is 1.25 bits per heavy atom. The van der Waals surface area contributed by atoms with E-state index >= 15 is 0 Å². The molecular formula is C16H31N3O. The van der Waals surface area contributed by atoms with Crippen LogP contribution in [0.3, 0.4) is 0 Å². The van der Waals surface area contributed by atoms with E-state index in [-0.39, 0.29) is 0 Å². The van der Waals surface area contributed by atoms with Crippen molar-refractivity contribution >= 4 is 0 Å². The normalized spacial score (nSPS) is 14.6. The minimum atomic E-state index is 0.429. The van der Waals surface area contributed by atoms with Gasteiger partial charge in [-0.05, 0) is 31.3 Å². The van der Waals surface area contributed by atoms with Crippen molar-refractivity contribution in [1.82, 2.24) is 15.1 Å². The fourth-order valence-electron chi connectivity index (χ4n) is 2.43. The van der Waals surface area contributed by atoms with Gasteiger partial charge in [0.2, 0.25) is 0 Å². The first-order chi connectivity index (χ1) is 9.51. The average Bonchev–Trinajstić information content (AvgIpc) is 2.80. The average molecular weight is 281 g/mol. The fourth-order valence-corrected chi connectivity index (χ4v) is 2.43. The lowest BCUT2D eigenvalue weighted by molar-refractivity contribution is 0.372. The zero-order valence-corrected chi connectivity index (χ0v) is 13.9. The Labute approximate surface area is 123 Å². The molecule has 4 nitrogen and oxygen atoms in total. The molecular weight excluding hydrogens is 250 g/mol. The summed E-state index contributed by atoms with van der Waals surface area (Å²) in [4.78, 5) is 0. The second kappa shape index (κ2) is 8.30. The van der Waals surface area contributed by atoms with Crippen LogP contribution >= 0.6 is 0 Å². The molecule has 2 unspecified atom stereocenters. The smallest absolute Gasteiger partial charge is 0.160 e. The van der Waals surface area contributed by atoms with Gasteiger partial charge in [0.15, 0.2) is 5.75 Å². The molecule has 0 aliphatic carbocycles. The van der Waals surface area contributed by atoms with Gasteiger partial charge in [0, 0.05) is 12.5 Å². The third-order valence-electron chi connectivity index (χ3n) is 3.80. The van der Waals surface area contributed by atoms with Gasteiger partial charge in [-0.2, -0.15) is 5.10 Å². The van der Waals surface area contributed by atoms with Crippen molar-refractivity contribution in [2.45, 2.75) is 53.5 Å². The highest BCUT2D eigenvalue weighted by molar-refractivity contribution is 5.28. The molecule has 0 bridgehead atoms. The Morgan fingerprint density at radius 3 is 2.50 bits per heavy atom. The van der Waals surface area contributed by atoms with Crippen LogP contribution in [0.1, 0.15) is 52.7 Å². The lowest BCUT2D eigenvalue weighted by Crippen LogP contribution is -2.28. The van der Waals surface area contributed by atoms with Crippen LogP contribution in [0.2, 0.25) is 0 Å². The second-order valence-corrected chi connectivity index (χ2v) is 6.14. The van der Waals surface area contributed by atoms with Gasteiger partial charge in [0.1, 0.15) is 0 Å². The maximum atomic E-state index is 5.48. The number of methoxy groups -OCH3 is 1. The maximum absolute atomic E-state index is 5.48. The minimum Gasteiger partial charge on any atom is -0.493 e. The Morgan fingerprint density at radius 2 is 1.95 bits per heavy atom. The number of nitrogens with one attached hydrogen (secondary N) is 1. The van der Waals surface area contributed by atoms with Crippen molar-refractivity contribution < 1.29 is 4.74 Å². The van der Waals surface area contributed by atoms with Crippen LogP contribution in [0, 0.1) is 11.8 Å². The van der Waals surface area contributed by atoms with Gasteiger partial charge in [-0.25, -0.2) is 0 Å². The first kappa shape index (κ1) is 17.0. The molecule has 0 saturated heterocycles. The predicted molar refractivity (Wildman–Crippen MR) is 84.4 cm³/mol. The molecule has 2 atom stereocenters. The molecule has 0 aromatic carbocycles. The molecule has 0 radical (unpaired) electrons. The number of hydrogen-bond acceptors (Lipinski definition) is 3. The lowest BCUT2D eigenvalue weighted by Gasteiger charge is -2.23. The Balaban J connectivity index is 2.73. The molecule has 0 aliphatic rings. The summed E-state index contributed by atoms with van der Waals surface area (Å²) in [7, 11) is 1.73. The van der Waals surface area contributed by atoms with E-state index in [4.69, 9.17) is 4.74 Å². The second-order valence-electron chi connectivity index (χ2n) is 6.14. The lowest BCUT2D eigenvalue weighted by atomic mass is 9.92. The van der Waals surface area contributed by atoms with Crippen molar-refractivity contribution in [3.63, 3.8) is 0 Å². The molecule has 1 rings (SSSR count). The summed E-state index contributed by atoms with van der Waals surface area (Å²) in [5.74, 6) is 2.59. The molecule has 0 saturated carbocycles. The third-order valence-corrected chi connectivity index (χ3v) is 3.80. The summed E-state index contributed by atoms with van der Waals surface area (Å²) in [5.41, 5.74) is 1.23. The highest BCUT2D eigenvalue weighted by Crippen LogP contribution is 2.31. The fraction of sp³-hybridized carbons (Fsp3) is 0.812. The molecule has 0 aliphatic heterocycles. The van der Waals surface area contributed by atoms with Gasteiger partial charge in [0.25, 0.3) is 0 Å². The summed E-state index contributed by atoms with van der Waals surface area (Å²) in [5, 5.41) is 8.01. The Bertz CT molecular complexity index is 387. The number of rotatable bonds is 9. The number of aromatic nitrogens is 2.